The molecule has 0 spiro atoms. The number of nitrogens with zero attached hydrogens (tertiary/aromatic N) is 4. The standard InChI is InChI=1S/C72H47BN4/c1-4-18-48(19-5-1)51-32-37-54(38-33-51)74-68-44-53(50-22-8-3-9-23-50)36-42-62(68)73-63-43-41-56(76-64-28-14-10-24-58(64)59-25-11-15-29-65(59)76)45-69(63)75(55-39-34-52(35-40-55)49-20-6-2-7-21-49)71-47-57(46-70(74)72(71)73)77-66-30-16-12-26-60(66)61-27-13-17-31-67(61)77/h1-47H. The second kappa shape index (κ2) is 17.2. The maximum absolute atomic E-state index is 2.56. The highest BCUT2D eigenvalue weighted by molar-refractivity contribution is 7.00. The predicted octanol–water partition coefficient (Wildman–Crippen LogP) is 17.0. The molecule has 0 atom stereocenters. The van der Waals surface area contributed by atoms with E-state index in [1.807, 2.05) is 0 Å². The molecule has 0 amide bonds. The van der Waals surface area contributed by atoms with E-state index in [-0.39, 0.29) is 6.71 Å². The van der Waals surface area contributed by atoms with Crippen LogP contribution in [0.4, 0.5) is 34.1 Å². The smallest absolute Gasteiger partial charge is 0.252 e. The van der Waals surface area contributed by atoms with Gasteiger partial charge in [0, 0.05) is 61.4 Å². The van der Waals surface area contributed by atoms with Crippen molar-refractivity contribution in [2.24, 2.45) is 0 Å². The topological polar surface area (TPSA) is 16.3 Å². The zero-order chi connectivity index (χ0) is 50.6. The first-order valence-electron chi connectivity index (χ1n) is 26.6. The van der Waals surface area contributed by atoms with Crippen LogP contribution in [0.5, 0.6) is 0 Å². The maximum Gasteiger partial charge on any atom is 0.252 e. The average molecular weight is 979 g/mol. The van der Waals surface area contributed by atoms with E-state index in [1.54, 1.807) is 0 Å². The van der Waals surface area contributed by atoms with Crippen LogP contribution in [0.3, 0.4) is 0 Å². The van der Waals surface area contributed by atoms with E-state index in [2.05, 4.69) is 304 Å². The summed E-state index contributed by atoms with van der Waals surface area (Å²) in [6.45, 7) is -0.103. The van der Waals surface area contributed by atoms with Crippen LogP contribution >= 0.6 is 0 Å². The van der Waals surface area contributed by atoms with Crippen molar-refractivity contribution in [3.05, 3.63) is 285 Å². The Morgan fingerprint density at radius 3 is 0.974 bits per heavy atom. The van der Waals surface area contributed by atoms with Crippen molar-refractivity contribution in [3.63, 3.8) is 0 Å². The lowest BCUT2D eigenvalue weighted by atomic mass is 9.33. The van der Waals surface area contributed by atoms with Crippen LogP contribution in [0.1, 0.15) is 0 Å². The van der Waals surface area contributed by atoms with Gasteiger partial charge in [-0.1, -0.05) is 206 Å². The van der Waals surface area contributed by atoms with Crippen LogP contribution in [-0.4, -0.2) is 15.8 Å². The number of rotatable bonds is 7. The first-order valence-corrected chi connectivity index (χ1v) is 26.6. The Morgan fingerprint density at radius 1 is 0.221 bits per heavy atom. The zero-order valence-electron chi connectivity index (χ0n) is 42.0. The van der Waals surface area contributed by atoms with Crippen LogP contribution in [0.25, 0.3) is 88.4 Å². The Morgan fingerprint density at radius 2 is 0.532 bits per heavy atom. The molecule has 4 heterocycles. The lowest BCUT2D eigenvalue weighted by Crippen LogP contribution is -2.61. The van der Waals surface area contributed by atoms with Crippen molar-refractivity contribution in [1.82, 2.24) is 9.13 Å². The van der Waals surface area contributed by atoms with E-state index in [4.69, 9.17) is 0 Å². The molecule has 12 aromatic carbocycles. The van der Waals surface area contributed by atoms with Gasteiger partial charge < -0.3 is 18.9 Å². The quantitative estimate of drug-likeness (QED) is 0.148. The van der Waals surface area contributed by atoms with Gasteiger partial charge in [0.05, 0.1) is 27.8 Å². The Kier molecular flexibility index (Phi) is 9.70. The Labute approximate surface area is 447 Å². The summed E-state index contributed by atoms with van der Waals surface area (Å²) in [5, 5.41) is 4.95. The summed E-state index contributed by atoms with van der Waals surface area (Å²) in [5.41, 5.74) is 24.6. The molecule has 0 saturated carbocycles. The van der Waals surface area contributed by atoms with Crippen LogP contribution < -0.4 is 26.2 Å². The molecule has 0 aliphatic carbocycles. The molecule has 2 aromatic heterocycles. The van der Waals surface area contributed by atoms with Crippen molar-refractivity contribution < 1.29 is 0 Å². The van der Waals surface area contributed by atoms with E-state index < -0.39 is 0 Å². The number of fused-ring (bicyclic) bond motifs is 10. The fourth-order valence-corrected chi connectivity index (χ4v) is 12.9. The van der Waals surface area contributed by atoms with Crippen molar-refractivity contribution in [1.29, 1.82) is 0 Å². The van der Waals surface area contributed by atoms with E-state index >= 15 is 0 Å². The molecule has 0 bridgehead atoms. The summed E-state index contributed by atoms with van der Waals surface area (Å²) >= 11 is 0. The zero-order valence-corrected chi connectivity index (χ0v) is 42.0. The van der Waals surface area contributed by atoms with Gasteiger partial charge in [0.1, 0.15) is 0 Å². The summed E-state index contributed by atoms with van der Waals surface area (Å²) in [5.74, 6) is 0. The molecule has 2 aliphatic heterocycles. The first kappa shape index (κ1) is 43.3. The van der Waals surface area contributed by atoms with Gasteiger partial charge in [0.15, 0.2) is 0 Å². The highest BCUT2D eigenvalue weighted by Crippen LogP contribution is 2.48. The molecule has 2 aliphatic rings. The van der Waals surface area contributed by atoms with E-state index in [0.717, 1.165) is 39.8 Å². The molecule has 5 heteroatoms. The van der Waals surface area contributed by atoms with Gasteiger partial charge in [-0.25, -0.2) is 0 Å². The molecule has 16 rings (SSSR count). The highest BCUT2D eigenvalue weighted by Gasteiger charge is 2.44. The third kappa shape index (κ3) is 6.74. The second-order valence-corrected chi connectivity index (χ2v) is 20.4. The fourth-order valence-electron chi connectivity index (χ4n) is 12.9. The van der Waals surface area contributed by atoms with Gasteiger partial charge >= 0.3 is 0 Å². The summed E-state index contributed by atoms with van der Waals surface area (Å²) in [6.07, 6.45) is 0. The molecule has 14 aromatic rings. The fraction of sp³-hybridized carbons (Fsp3) is 0. The number of hydrogen-bond acceptors (Lipinski definition) is 2. The van der Waals surface area contributed by atoms with Crippen LogP contribution in [0.15, 0.2) is 285 Å². The van der Waals surface area contributed by atoms with Crippen molar-refractivity contribution in [3.8, 4) is 44.8 Å². The highest BCUT2D eigenvalue weighted by atomic mass is 15.2. The molecule has 0 fully saturated rings. The third-order valence-corrected chi connectivity index (χ3v) is 16.3. The molecule has 0 saturated heterocycles. The van der Waals surface area contributed by atoms with Gasteiger partial charge in [-0.05, 0) is 129 Å². The average Bonchev–Trinajstić information content (AvgIpc) is 4.17. The number of benzene rings is 12. The monoisotopic (exact) mass is 978 g/mol. The molecule has 0 unspecified atom stereocenters. The van der Waals surface area contributed by atoms with E-state index in [9.17, 15) is 0 Å². The molecule has 77 heavy (non-hydrogen) atoms. The minimum Gasteiger partial charge on any atom is -0.311 e. The van der Waals surface area contributed by atoms with Crippen LogP contribution in [-0.2, 0) is 0 Å². The van der Waals surface area contributed by atoms with E-state index in [1.165, 1.54) is 99.1 Å². The molecular weight excluding hydrogens is 932 g/mol. The van der Waals surface area contributed by atoms with Gasteiger partial charge in [0.2, 0.25) is 0 Å². The molecule has 4 nitrogen and oxygen atoms in total. The molecule has 0 N–H and O–H groups in total. The first-order chi connectivity index (χ1) is 38.2. The number of aromatic nitrogens is 2. The Balaban J connectivity index is 1.02. The summed E-state index contributed by atoms with van der Waals surface area (Å²) < 4.78 is 4.95. The number of hydrogen-bond donors (Lipinski definition) is 0. The van der Waals surface area contributed by atoms with Gasteiger partial charge in [-0.2, -0.15) is 0 Å². The Hall–Kier alpha value is -10.1. The molecule has 0 radical (unpaired) electrons. The molecule has 358 valence electrons. The summed E-state index contributed by atoms with van der Waals surface area (Å²) in [7, 11) is 0. The third-order valence-electron chi connectivity index (χ3n) is 16.3. The minimum absolute atomic E-state index is 0.103. The van der Waals surface area contributed by atoms with E-state index in [0.29, 0.717) is 0 Å². The normalized spacial score (nSPS) is 12.6. The lowest BCUT2D eigenvalue weighted by molar-refractivity contribution is 1.15. The SMILES string of the molecule is c1ccc(-c2ccc(N3c4cc(-c5ccccc5)ccc4B4c5ccc(-n6c7ccccc7c7ccccc76)cc5N(c5ccc(-c6ccccc6)cc5)c5cc(-n6c7ccccc7c7ccccc76)cc3c54)cc2)cc1. The van der Waals surface area contributed by atoms with Crippen molar-refractivity contribution >= 4 is 101 Å². The van der Waals surface area contributed by atoms with Crippen molar-refractivity contribution in [2.45, 2.75) is 0 Å². The molecular formula is C72H47BN4. The van der Waals surface area contributed by atoms with Crippen LogP contribution in [0.2, 0.25) is 0 Å². The second-order valence-electron chi connectivity index (χ2n) is 20.4. The predicted molar refractivity (Wildman–Crippen MR) is 325 cm³/mol. The summed E-state index contributed by atoms with van der Waals surface area (Å²) in [4.78, 5) is 5.12. The summed E-state index contributed by atoms with van der Waals surface area (Å²) in [6, 6.07) is 105. The minimum atomic E-state index is -0.103. The van der Waals surface area contributed by atoms with Crippen molar-refractivity contribution in [2.75, 3.05) is 9.80 Å². The lowest BCUT2D eigenvalue weighted by Gasteiger charge is -2.44. The van der Waals surface area contributed by atoms with Crippen LogP contribution in [0, 0.1) is 0 Å². The Bertz CT molecular complexity index is 4510. The van der Waals surface area contributed by atoms with Gasteiger partial charge in [0.25, 0.3) is 6.71 Å². The van der Waals surface area contributed by atoms with Gasteiger partial charge in [-0.15, -0.1) is 0 Å². The number of anilines is 6. The van der Waals surface area contributed by atoms with Gasteiger partial charge in [-0.3, -0.25) is 0 Å². The largest absolute Gasteiger partial charge is 0.311 e. The number of para-hydroxylation sites is 4. The maximum atomic E-state index is 2.56.